The molecule has 0 atom stereocenters. The third kappa shape index (κ3) is 6.75. The van der Waals surface area contributed by atoms with E-state index in [2.05, 4.69) is 20.9 Å². The van der Waals surface area contributed by atoms with Crippen LogP contribution in [0.25, 0.3) is 0 Å². The Morgan fingerprint density at radius 3 is 2.41 bits per heavy atom. The summed E-state index contributed by atoms with van der Waals surface area (Å²) in [6.45, 7) is 3.02. The van der Waals surface area contributed by atoms with Crippen molar-refractivity contribution in [1.82, 2.24) is 20.9 Å². The van der Waals surface area contributed by atoms with Gasteiger partial charge >= 0.3 is 6.03 Å². The largest absolute Gasteiger partial charge is 0.352 e. The number of urea groups is 1. The van der Waals surface area contributed by atoms with Crippen LogP contribution in [0.4, 0.5) is 4.79 Å². The Balaban J connectivity index is 1.33. The first-order valence-electron chi connectivity index (χ1n) is 9.99. The number of pyridine rings is 1. The maximum atomic E-state index is 12.2. The van der Waals surface area contributed by atoms with Crippen molar-refractivity contribution in [2.45, 2.75) is 45.2 Å². The number of hydrogen-bond donors (Lipinski definition) is 3. The summed E-state index contributed by atoms with van der Waals surface area (Å²) in [5.74, 6) is 0.354. The number of aryl methyl sites for hydroxylation is 1. The van der Waals surface area contributed by atoms with E-state index in [1.54, 1.807) is 12.3 Å². The lowest BCUT2D eigenvalue weighted by molar-refractivity contribution is 0.0942. The van der Waals surface area contributed by atoms with Gasteiger partial charge < -0.3 is 16.0 Å². The molecule has 1 aliphatic carbocycles. The highest BCUT2D eigenvalue weighted by Gasteiger charge is 2.23. The second-order valence-corrected chi connectivity index (χ2v) is 8.01. The predicted octanol–water partition coefficient (Wildman–Crippen LogP) is 3.83. The van der Waals surface area contributed by atoms with E-state index in [1.165, 1.54) is 0 Å². The Hall–Kier alpha value is -2.60. The summed E-state index contributed by atoms with van der Waals surface area (Å²) in [5, 5.41) is 9.61. The molecule has 1 fully saturated rings. The van der Waals surface area contributed by atoms with E-state index in [1.807, 2.05) is 37.3 Å². The summed E-state index contributed by atoms with van der Waals surface area (Å²) < 4.78 is 0. The van der Waals surface area contributed by atoms with Crippen LogP contribution >= 0.6 is 11.6 Å². The van der Waals surface area contributed by atoms with Crippen molar-refractivity contribution in [3.8, 4) is 0 Å². The molecule has 7 heteroatoms. The number of nitrogens with one attached hydrogen (secondary N) is 3. The number of nitrogens with zero attached hydrogens (tertiary/aromatic N) is 1. The number of rotatable bonds is 6. The standard InChI is InChI=1S/C22H27ClN4O2/c1-15-2-7-18(14-24-15)21(28)25-12-17-5-10-20(11-6-17)27-22(29)26-13-16-3-8-19(23)9-4-16/h2-4,7-9,14,17,20H,5-6,10-13H2,1H3,(H,25,28)(H2,26,27,29)/t17-,20+. The maximum Gasteiger partial charge on any atom is 0.315 e. The van der Waals surface area contributed by atoms with Crippen LogP contribution in [-0.4, -0.2) is 29.5 Å². The predicted molar refractivity (Wildman–Crippen MR) is 114 cm³/mol. The molecule has 1 aromatic carbocycles. The van der Waals surface area contributed by atoms with E-state index in [-0.39, 0.29) is 18.0 Å². The number of halogens is 1. The third-order valence-corrected chi connectivity index (χ3v) is 5.53. The van der Waals surface area contributed by atoms with Crippen LogP contribution < -0.4 is 16.0 Å². The first-order chi connectivity index (χ1) is 14.0. The van der Waals surface area contributed by atoms with Gasteiger partial charge in [-0.25, -0.2) is 4.79 Å². The average Bonchev–Trinajstić information content (AvgIpc) is 2.73. The fourth-order valence-electron chi connectivity index (χ4n) is 3.47. The van der Waals surface area contributed by atoms with Crippen LogP contribution in [0.3, 0.4) is 0 Å². The summed E-state index contributed by atoms with van der Waals surface area (Å²) in [5.41, 5.74) is 2.49. The molecule has 154 valence electrons. The Kier molecular flexibility index (Phi) is 7.47. The highest BCUT2D eigenvalue weighted by Crippen LogP contribution is 2.23. The van der Waals surface area contributed by atoms with Gasteiger partial charge in [0.25, 0.3) is 5.91 Å². The quantitative estimate of drug-likeness (QED) is 0.671. The Morgan fingerprint density at radius 2 is 1.76 bits per heavy atom. The highest BCUT2D eigenvalue weighted by atomic mass is 35.5. The monoisotopic (exact) mass is 414 g/mol. The van der Waals surface area contributed by atoms with Gasteiger partial charge in [0.05, 0.1) is 5.56 Å². The topological polar surface area (TPSA) is 83.1 Å². The average molecular weight is 415 g/mol. The fraction of sp³-hybridized carbons (Fsp3) is 0.409. The number of carbonyl (C=O) groups is 2. The van der Waals surface area contributed by atoms with Crippen molar-refractivity contribution in [3.63, 3.8) is 0 Å². The summed E-state index contributed by atoms with van der Waals surface area (Å²) in [4.78, 5) is 28.5. The lowest BCUT2D eigenvalue weighted by Crippen LogP contribution is -2.44. The maximum absolute atomic E-state index is 12.2. The molecule has 6 nitrogen and oxygen atoms in total. The summed E-state index contributed by atoms with van der Waals surface area (Å²) in [6, 6.07) is 11.1. The number of hydrogen-bond acceptors (Lipinski definition) is 3. The highest BCUT2D eigenvalue weighted by molar-refractivity contribution is 6.30. The SMILES string of the molecule is Cc1ccc(C(=O)NC[C@H]2CC[C@@H](NC(=O)NCc3ccc(Cl)cc3)CC2)cn1. The van der Waals surface area contributed by atoms with Crippen LogP contribution in [-0.2, 0) is 6.54 Å². The summed E-state index contributed by atoms with van der Waals surface area (Å²) in [7, 11) is 0. The van der Waals surface area contributed by atoms with Gasteiger partial charge in [-0.1, -0.05) is 23.7 Å². The van der Waals surface area contributed by atoms with Gasteiger partial charge in [-0.15, -0.1) is 0 Å². The van der Waals surface area contributed by atoms with Crippen LogP contribution in [0.1, 0.15) is 47.3 Å². The third-order valence-electron chi connectivity index (χ3n) is 5.27. The molecule has 1 aliphatic rings. The van der Waals surface area contributed by atoms with E-state index in [0.717, 1.165) is 36.9 Å². The molecule has 1 heterocycles. The lowest BCUT2D eigenvalue weighted by atomic mass is 9.86. The number of carbonyl (C=O) groups excluding carboxylic acids is 2. The molecule has 0 radical (unpaired) electrons. The molecule has 0 spiro atoms. The molecule has 3 amide bonds. The molecule has 2 aromatic rings. The molecular formula is C22H27ClN4O2. The molecule has 29 heavy (non-hydrogen) atoms. The molecule has 1 saturated carbocycles. The van der Waals surface area contributed by atoms with Crippen molar-refractivity contribution < 1.29 is 9.59 Å². The van der Waals surface area contributed by atoms with Crippen molar-refractivity contribution in [2.24, 2.45) is 5.92 Å². The molecular weight excluding hydrogens is 388 g/mol. The van der Waals surface area contributed by atoms with Gasteiger partial charge in [0, 0.05) is 36.0 Å². The van der Waals surface area contributed by atoms with E-state index >= 15 is 0 Å². The molecule has 3 N–H and O–H groups in total. The minimum absolute atomic E-state index is 0.0840. The van der Waals surface area contributed by atoms with Gasteiger partial charge in [0.1, 0.15) is 0 Å². The Morgan fingerprint density at radius 1 is 1.03 bits per heavy atom. The minimum atomic E-state index is -0.149. The molecule has 0 unspecified atom stereocenters. The van der Waals surface area contributed by atoms with Gasteiger partial charge in [-0.05, 0) is 68.4 Å². The van der Waals surface area contributed by atoms with Crippen LogP contribution in [0, 0.1) is 12.8 Å². The smallest absolute Gasteiger partial charge is 0.315 e. The van der Waals surface area contributed by atoms with Crippen LogP contribution in [0.5, 0.6) is 0 Å². The lowest BCUT2D eigenvalue weighted by Gasteiger charge is -2.29. The Bertz CT molecular complexity index is 816. The summed E-state index contributed by atoms with van der Waals surface area (Å²) >= 11 is 5.87. The van der Waals surface area contributed by atoms with Crippen molar-refractivity contribution in [1.29, 1.82) is 0 Å². The van der Waals surface area contributed by atoms with E-state index in [0.29, 0.717) is 29.6 Å². The minimum Gasteiger partial charge on any atom is -0.352 e. The number of aromatic nitrogens is 1. The zero-order valence-electron chi connectivity index (χ0n) is 16.6. The zero-order chi connectivity index (χ0) is 20.6. The molecule has 0 saturated heterocycles. The zero-order valence-corrected chi connectivity index (χ0v) is 17.3. The van der Waals surface area contributed by atoms with E-state index in [4.69, 9.17) is 11.6 Å². The second-order valence-electron chi connectivity index (χ2n) is 7.57. The van der Waals surface area contributed by atoms with Gasteiger partial charge in [0.15, 0.2) is 0 Å². The number of benzene rings is 1. The van der Waals surface area contributed by atoms with E-state index < -0.39 is 0 Å². The molecule has 0 bridgehead atoms. The molecule has 1 aromatic heterocycles. The first kappa shape index (κ1) is 21.1. The molecule has 3 rings (SSSR count). The fourth-order valence-corrected chi connectivity index (χ4v) is 3.60. The van der Waals surface area contributed by atoms with Crippen molar-refractivity contribution in [2.75, 3.05) is 6.54 Å². The van der Waals surface area contributed by atoms with E-state index in [9.17, 15) is 9.59 Å². The first-order valence-corrected chi connectivity index (χ1v) is 10.4. The van der Waals surface area contributed by atoms with Crippen molar-refractivity contribution >= 4 is 23.5 Å². The van der Waals surface area contributed by atoms with Gasteiger partial charge in [-0.2, -0.15) is 0 Å². The normalized spacial score (nSPS) is 18.7. The van der Waals surface area contributed by atoms with Crippen LogP contribution in [0.15, 0.2) is 42.6 Å². The van der Waals surface area contributed by atoms with Gasteiger partial charge in [-0.3, -0.25) is 9.78 Å². The summed E-state index contributed by atoms with van der Waals surface area (Å²) in [6.07, 6.45) is 5.40. The number of amides is 3. The van der Waals surface area contributed by atoms with Gasteiger partial charge in [0.2, 0.25) is 0 Å². The Labute approximate surface area is 176 Å². The van der Waals surface area contributed by atoms with Crippen LogP contribution in [0.2, 0.25) is 5.02 Å². The molecule has 0 aliphatic heterocycles. The van der Waals surface area contributed by atoms with Crippen molar-refractivity contribution in [3.05, 3.63) is 64.4 Å². The second kappa shape index (κ2) is 10.3.